The summed E-state index contributed by atoms with van der Waals surface area (Å²) in [5.74, 6) is -3.54. The third-order valence-corrected chi connectivity index (χ3v) is 2.42. The number of carbonyl (C=O) groups is 2. The lowest BCUT2D eigenvalue weighted by molar-refractivity contribution is -0.367. The molecule has 8 heteroatoms. The number of esters is 2. The van der Waals surface area contributed by atoms with E-state index in [1.807, 2.05) is 0 Å². The number of carbonyl (C=O) groups excluding carboxylic acids is 2. The van der Waals surface area contributed by atoms with Crippen molar-refractivity contribution >= 4 is 11.9 Å². The zero-order valence-corrected chi connectivity index (χ0v) is 10.3. The van der Waals surface area contributed by atoms with Crippen LogP contribution in [-0.2, 0) is 28.5 Å². The van der Waals surface area contributed by atoms with Crippen LogP contribution in [0.25, 0.3) is 0 Å². The minimum Gasteiger partial charge on any atom is -0.463 e. The van der Waals surface area contributed by atoms with Crippen molar-refractivity contribution in [1.82, 2.24) is 0 Å². The average molecular weight is 264 g/mol. The van der Waals surface area contributed by atoms with Gasteiger partial charge in [0.05, 0.1) is 0 Å². The summed E-state index contributed by atoms with van der Waals surface area (Å²) in [5.41, 5.74) is 0. The molecule has 0 aliphatic carbocycles. The van der Waals surface area contributed by atoms with Gasteiger partial charge in [-0.2, -0.15) is 0 Å². The van der Waals surface area contributed by atoms with Crippen molar-refractivity contribution in [2.45, 2.75) is 38.1 Å². The van der Waals surface area contributed by atoms with Gasteiger partial charge in [-0.1, -0.05) is 0 Å². The van der Waals surface area contributed by atoms with E-state index in [0.717, 1.165) is 14.0 Å². The minimum atomic E-state index is -2.30. The summed E-state index contributed by atoms with van der Waals surface area (Å²) in [4.78, 5) is 21.6. The van der Waals surface area contributed by atoms with Gasteiger partial charge in [0.25, 0.3) is 0 Å². The van der Waals surface area contributed by atoms with Crippen molar-refractivity contribution in [1.29, 1.82) is 0 Å². The zero-order valence-electron chi connectivity index (χ0n) is 10.3. The van der Waals surface area contributed by atoms with Crippen LogP contribution >= 0.6 is 0 Å². The Balaban J connectivity index is 2.78. The molecule has 0 spiro atoms. The van der Waals surface area contributed by atoms with Crippen molar-refractivity contribution in [3.63, 3.8) is 0 Å². The van der Waals surface area contributed by atoms with Crippen LogP contribution in [0.4, 0.5) is 0 Å². The smallest absolute Gasteiger partial charge is 0.312 e. The first kappa shape index (κ1) is 14.8. The number of hydrogen-bond acceptors (Lipinski definition) is 8. The van der Waals surface area contributed by atoms with Crippen LogP contribution in [0.15, 0.2) is 0 Å². The summed E-state index contributed by atoms with van der Waals surface area (Å²) in [6.45, 7) is 2.05. The summed E-state index contributed by atoms with van der Waals surface area (Å²) in [7, 11) is 1.11. The van der Waals surface area contributed by atoms with E-state index in [1.165, 1.54) is 6.92 Å². The van der Waals surface area contributed by atoms with Crippen LogP contribution in [0, 0.1) is 0 Å². The Bertz CT molecular complexity index is 330. The maximum absolute atomic E-state index is 10.9. The van der Waals surface area contributed by atoms with E-state index in [0.29, 0.717) is 0 Å². The van der Waals surface area contributed by atoms with Gasteiger partial charge in [0.2, 0.25) is 0 Å². The molecule has 1 rings (SSSR count). The molecule has 0 aromatic heterocycles. The summed E-state index contributed by atoms with van der Waals surface area (Å²) in [6.07, 6.45) is -3.81. The highest BCUT2D eigenvalue weighted by Gasteiger charge is 2.57. The molecule has 0 radical (unpaired) electrons. The van der Waals surface area contributed by atoms with Crippen LogP contribution in [0.1, 0.15) is 13.8 Å². The molecule has 1 aliphatic rings. The molecular weight excluding hydrogens is 248 g/mol. The van der Waals surface area contributed by atoms with Gasteiger partial charge in [-0.25, -0.2) is 0 Å². The number of aliphatic hydroxyl groups excluding tert-OH is 1. The molecule has 0 unspecified atom stereocenters. The first-order chi connectivity index (χ1) is 8.30. The molecule has 1 saturated heterocycles. The lowest BCUT2D eigenvalue weighted by Crippen LogP contribution is -2.45. The minimum absolute atomic E-state index is 0.282. The molecule has 104 valence electrons. The second-order valence-corrected chi connectivity index (χ2v) is 3.81. The van der Waals surface area contributed by atoms with Crippen molar-refractivity contribution < 1.29 is 38.7 Å². The van der Waals surface area contributed by atoms with Gasteiger partial charge in [0, 0.05) is 21.0 Å². The van der Waals surface area contributed by atoms with Crippen molar-refractivity contribution in [2.75, 3.05) is 13.7 Å². The molecule has 2 N–H and O–H groups in total. The maximum Gasteiger partial charge on any atom is 0.312 e. The SMILES string of the molecule is CO[C@]1(O)O[C@H](COC(C)=O)[C@@H](OC(C)=O)[C@H]1O. The largest absolute Gasteiger partial charge is 0.463 e. The lowest BCUT2D eigenvalue weighted by Gasteiger charge is -2.23. The van der Waals surface area contributed by atoms with Crippen molar-refractivity contribution in [2.24, 2.45) is 0 Å². The van der Waals surface area contributed by atoms with E-state index < -0.39 is 36.2 Å². The molecule has 0 amide bonds. The molecule has 0 saturated carbocycles. The Morgan fingerprint density at radius 1 is 1.33 bits per heavy atom. The van der Waals surface area contributed by atoms with Gasteiger partial charge >= 0.3 is 17.9 Å². The maximum atomic E-state index is 10.9. The zero-order chi connectivity index (χ0) is 13.9. The average Bonchev–Trinajstić information content (AvgIpc) is 2.51. The predicted octanol–water partition coefficient (Wildman–Crippen LogP) is -1.47. The number of ether oxygens (including phenoxy) is 4. The van der Waals surface area contributed by atoms with E-state index in [2.05, 4.69) is 4.74 Å². The third-order valence-electron chi connectivity index (χ3n) is 2.42. The molecular formula is C10H16O8. The van der Waals surface area contributed by atoms with Crippen LogP contribution in [-0.4, -0.2) is 60.2 Å². The second kappa shape index (κ2) is 5.61. The van der Waals surface area contributed by atoms with E-state index >= 15 is 0 Å². The van der Waals surface area contributed by atoms with Crippen molar-refractivity contribution in [3.05, 3.63) is 0 Å². The first-order valence-electron chi connectivity index (χ1n) is 5.24. The van der Waals surface area contributed by atoms with E-state index in [1.54, 1.807) is 0 Å². The summed E-state index contributed by atoms with van der Waals surface area (Å²) >= 11 is 0. The summed E-state index contributed by atoms with van der Waals surface area (Å²) in [5, 5.41) is 19.5. The fourth-order valence-electron chi connectivity index (χ4n) is 1.59. The van der Waals surface area contributed by atoms with E-state index in [4.69, 9.17) is 14.2 Å². The van der Waals surface area contributed by atoms with Gasteiger partial charge in [0.15, 0.2) is 12.2 Å². The predicted molar refractivity (Wildman–Crippen MR) is 55.0 cm³/mol. The highest BCUT2D eigenvalue weighted by molar-refractivity contribution is 5.66. The molecule has 4 atom stereocenters. The van der Waals surface area contributed by atoms with Gasteiger partial charge in [-0.3, -0.25) is 9.59 Å². The Morgan fingerprint density at radius 3 is 2.39 bits per heavy atom. The lowest BCUT2D eigenvalue weighted by atomic mass is 10.1. The van der Waals surface area contributed by atoms with Gasteiger partial charge < -0.3 is 29.2 Å². The molecule has 0 bridgehead atoms. The molecule has 1 fully saturated rings. The third kappa shape index (κ3) is 3.16. The van der Waals surface area contributed by atoms with Gasteiger partial charge in [0.1, 0.15) is 12.7 Å². The van der Waals surface area contributed by atoms with Gasteiger partial charge in [-0.15, -0.1) is 0 Å². The quantitative estimate of drug-likeness (QED) is 0.468. The Kier molecular flexibility index (Phi) is 4.63. The number of aliphatic hydroxyl groups is 2. The highest BCUT2D eigenvalue weighted by Crippen LogP contribution is 2.32. The summed E-state index contributed by atoms with van der Waals surface area (Å²) < 4.78 is 19.1. The molecule has 0 aromatic rings. The van der Waals surface area contributed by atoms with Crippen LogP contribution in [0.5, 0.6) is 0 Å². The number of methoxy groups -OCH3 is 1. The van der Waals surface area contributed by atoms with E-state index in [-0.39, 0.29) is 6.61 Å². The fraction of sp³-hybridized carbons (Fsp3) is 0.800. The molecule has 18 heavy (non-hydrogen) atoms. The number of rotatable bonds is 4. The highest BCUT2D eigenvalue weighted by atomic mass is 16.8. The number of hydrogen-bond donors (Lipinski definition) is 2. The fourth-order valence-corrected chi connectivity index (χ4v) is 1.59. The van der Waals surface area contributed by atoms with Crippen LogP contribution < -0.4 is 0 Å². The monoisotopic (exact) mass is 264 g/mol. The first-order valence-corrected chi connectivity index (χ1v) is 5.24. The van der Waals surface area contributed by atoms with Crippen LogP contribution in [0.2, 0.25) is 0 Å². The molecule has 8 nitrogen and oxygen atoms in total. The van der Waals surface area contributed by atoms with Crippen LogP contribution in [0.3, 0.4) is 0 Å². The molecule has 1 aliphatic heterocycles. The Morgan fingerprint density at radius 2 is 1.94 bits per heavy atom. The standard InChI is InChI=1S/C10H16O8/c1-5(11)16-4-7-8(17-6(2)12)9(13)10(14,15-3)18-7/h7-9,13-14H,4H2,1-3H3/t7-,8-,9-,10+/m1/s1. The summed E-state index contributed by atoms with van der Waals surface area (Å²) in [6, 6.07) is 0. The van der Waals surface area contributed by atoms with Crippen molar-refractivity contribution in [3.8, 4) is 0 Å². The van der Waals surface area contributed by atoms with Gasteiger partial charge in [-0.05, 0) is 0 Å². The second-order valence-electron chi connectivity index (χ2n) is 3.81. The molecule has 0 aromatic carbocycles. The molecule has 1 heterocycles. The van der Waals surface area contributed by atoms with E-state index in [9.17, 15) is 19.8 Å². The Labute approximate surface area is 103 Å². The topological polar surface area (TPSA) is 112 Å². The normalized spacial score (nSPS) is 35.3. The Hall–Kier alpha value is -1.22.